The van der Waals surface area contributed by atoms with E-state index in [4.69, 9.17) is 23.2 Å². The monoisotopic (exact) mass is 249 g/mol. The fourth-order valence-corrected chi connectivity index (χ4v) is 1.22. The van der Waals surface area contributed by atoms with Crippen molar-refractivity contribution >= 4 is 35.5 Å². The molecular weight excluding hydrogens is 241 g/mol. The first kappa shape index (κ1) is 12.0. The number of carbonyl (C=O) groups excluding carboxylic acids is 2. The van der Waals surface area contributed by atoms with E-state index < -0.39 is 5.91 Å². The molecule has 0 unspecified atom stereocenters. The number of aromatic amines is 1. The van der Waals surface area contributed by atoms with E-state index in [-0.39, 0.29) is 22.2 Å². The summed E-state index contributed by atoms with van der Waals surface area (Å²) in [6, 6.07) is -0.252. The van der Waals surface area contributed by atoms with Crippen molar-refractivity contribution in [3.05, 3.63) is 16.1 Å². The van der Waals surface area contributed by atoms with Gasteiger partial charge < -0.3 is 4.98 Å². The van der Waals surface area contributed by atoms with Crippen LogP contribution in [0.15, 0.2) is 0 Å². The van der Waals surface area contributed by atoms with E-state index in [1.165, 1.54) is 0 Å². The highest BCUT2D eigenvalue weighted by atomic mass is 35.5. The Hall–Kier alpha value is -1.07. The van der Waals surface area contributed by atoms with Crippen LogP contribution in [-0.2, 0) is 4.79 Å². The molecule has 0 atom stereocenters. The zero-order chi connectivity index (χ0) is 11.6. The van der Waals surface area contributed by atoms with E-state index in [1.54, 1.807) is 13.8 Å². The molecule has 1 aromatic rings. The number of imide groups is 1. The summed E-state index contributed by atoms with van der Waals surface area (Å²) in [6.07, 6.45) is 0.442. The Kier molecular flexibility index (Phi) is 3.71. The Morgan fingerprint density at radius 2 is 2.13 bits per heavy atom. The summed E-state index contributed by atoms with van der Waals surface area (Å²) in [5.41, 5.74) is 0. The molecule has 0 aromatic carbocycles. The van der Waals surface area contributed by atoms with Crippen LogP contribution >= 0.6 is 23.2 Å². The number of imidazole rings is 1. The number of halogens is 2. The summed E-state index contributed by atoms with van der Waals surface area (Å²) in [5, 5.41) is 0.0873. The van der Waals surface area contributed by atoms with Gasteiger partial charge in [-0.2, -0.15) is 0 Å². The van der Waals surface area contributed by atoms with Gasteiger partial charge in [-0.05, 0) is 13.8 Å². The first-order chi connectivity index (χ1) is 6.97. The third-order valence-electron chi connectivity index (χ3n) is 1.73. The number of nitrogens with zero attached hydrogens (tertiary/aromatic N) is 2. The molecule has 1 rings (SSSR count). The lowest BCUT2D eigenvalue weighted by atomic mass is 10.3. The molecule has 0 radical (unpaired) electrons. The second-order valence-electron chi connectivity index (χ2n) is 3.10. The molecule has 1 N–H and O–H groups in total. The van der Waals surface area contributed by atoms with Crippen LogP contribution in [0.4, 0.5) is 0 Å². The Morgan fingerprint density at radius 1 is 1.53 bits per heavy atom. The van der Waals surface area contributed by atoms with Gasteiger partial charge in [0.2, 0.25) is 6.41 Å². The average molecular weight is 250 g/mol. The van der Waals surface area contributed by atoms with Crippen LogP contribution in [0.25, 0.3) is 0 Å². The van der Waals surface area contributed by atoms with Crippen molar-refractivity contribution in [3.63, 3.8) is 0 Å². The number of nitrogens with one attached hydrogen (secondary N) is 1. The van der Waals surface area contributed by atoms with Gasteiger partial charge in [-0.15, -0.1) is 0 Å². The molecule has 0 fully saturated rings. The highest BCUT2D eigenvalue weighted by Gasteiger charge is 2.22. The van der Waals surface area contributed by atoms with Crippen molar-refractivity contribution in [1.29, 1.82) is 0 Å². The van der Waals surface area contributed by atoms with E-state index in [1.807, 2.05) is 0 Å². The normalized spacial score (nSPS) is 10.5. The van der Waals surface area contributed by atoms with Crippen LogP contribution in [0.3, 0.4) is 0 Å². The molecule has 7 heteroatoms. The lowest BCUT2D eigenvalue weighted by molar-refractivity contribution is -0.117. The molecule has 0 bridgehead atoms. The van der Waals surface area contributed by atoms with Crippen LogP contribution in [0.5, 0.6) is 0 Å². The van der Waals surface area contributed by atoms with Gasteiger partial charge in [0.1, 0.15) is 5.15 Å². The lowest BCUT2D eigenvalue weighted by Gasteiger charge is -2.17. The molecule has 15 heavy (non-hydrogen) atoms. The zero-order valence-electron chi connectivity index (χ0n) is 8.12. The summed E-state index contributed by atoms with van der Waals surface area (Å²) >= 11 is 11.2. The van der Waals surface area contributed by atoms with E-state index in [9.17, 15) is 9.59 Å². The van der Waals surface area contributed by atoms with Crippen molar-refractivity contribution in [3.8, 4) is 0 Å². The number of amides is 2. The predicted octanol–water partition coefficient (Wildman–Crippen LogP) is 1.72. The molecular formula is C8H9Cl2N3O2. The molecule has 2 amide bonds. The molecule has 1 heterocycles. The number of aromatic nitrogens is 2. The van der Waals surface area contributed by atoms with Gasteiger partial charge in [0.25, 0.3) is 5.91 Å². The quantitative estimate of drug-likeness (QED) is 0.830. The van der Waals surface area contributed by atoms with Crippen LogP contribution < -0.4 is 0 Å². The minimum Gasteiger partial charge on any atom is -0.324 e. The maximum absolute atomic E-state index is 11.7. The maximum Gasteiger partial charge on any atom is 0.296 e. The molecule has 82 valence electrons. The summed E-state index contributed by atoms with van der Waals surface area (Å²) < 4.78 is 0. The van der Waals surface area contributed by atoms with Gasteiger partial charge in [-0.1, -0.05) is 23.2 Å². The lowest BCUT2D eigenvalue weighted by Crippen LogP contribution is -2.36. The van der Waals surface area contributed by atoms with Gasteiger partial charge in [0.15, 0.2) is 11.0 Å². The van der Waals surface area contributed by atoms with Crippen LogP contribution in [0.2, 0.25) is 10.3 Å². The average Bonchev–Trinajstić information content (AvgIpc) is 2.47. The Balaban J connectivity index is 2.97. The van der Waals surface area contributed by atoms with Crippen molar-refractivity contribution in [2.45, 2.75) is 19.9 Å². The predicted molar refractivity (Wildman–Crippen MR) is 56.0 cm³/mol. The van der Waals surface area contributed by atoms with Crippen molar-refractivity contribution < 1.29 is 9.59 Å². The van der Waals surface area contributed by atoms with Crippen molar-refractivity contribution in [2.24, 2.45) is 0 Å². The molecule has 5 nitrogen and oxygen atoms in total. The summed E-state index contributed by atoms with van der Waals surface area (Å²) in [7, 11) is 0. The van der Waals surface area contributed by atoms with E-state index >= 15 is 0 Å². The molecule has 0 saturated carbocycles. The minimum atomic E-state index is -0.561. The van der Waals surface area contributed by atoms with Crippen LogP contribution in [0, 0.1) is 0 Å². The molecule has 0 aliphatic heterocycles. The topological polar surface area (TPSA) is 66.1 Å². The molecule has 0 spiro atoms. The number of hydrogen-bond acceptors (Lipinski definition) is 3. The fraction of sp³-hybridized carbons (Fsp3) is 0.375. The Bertz CT molecular complexity index is 370. The van der Waals surface area contributed by atoms with Crippen molar-refractivity contribution in [2.75, 3.05) is 0 Å². The highest BCUT2D eigenvalue weighted by Crippen LogP contribution is 2.18. The minimum absolute atomic E-state index is 0.00891. The van der Waals surface area contributed by atoms with Crippen LogP contribution in [0.1, 0.15) is 24.5 Å². The second kappa shape index (κ2) is 4.63. The summed E-state index contributed by atoms with van der Waals surface area (Å²) in [6.45, 7) is 3.41. The molecule has 0 aliphatic rings. The Labute approximate surface area is 96.4 Å². The molecule has 1 aromatic heterocycles. The largest absolute Gasteiger partial charge is 0.324 e. The SMILES string of the molecule is CC(C)N(C=O)C(=O)c1nc(Cl)c(Cl)[nH]1. The first-order valence-electron chi connectivity index (χ1n) is 4.16. The molecule has 0 aliphatic carbocycles. The number of H-pyrrole nitrogens is 1. The Morgan fingerprint density at radius 3 is 2.47 bits per heavy atom. The number of hydrogen-bond donors (Lipinski definition) is 1. The smallest absolute Gasteiger partial charge is 0.296 e. The second-order valence-corrected chi connectivity index (χ2v) is 3.84. The third kappa shape index (κ3) is 2.49. The fourth-order valence-electron chi connectivity index (χ4n) is 0.958. The zero-order valence-corrected chi connectivity index (χ0v) is 9.63. The van der Waals surface area contributed by atoms with Crippen LogP contribution in [-0.4, -0.2) is 33.2 Å². The van der Waals surface area contributed by atoms with E-state index in [0.717, 1.165) is 4.90 Å². The van der Waals surface area contributed by atoms with Gasteiger partial charge in [-0.3, -0.25) is 14.5 Å². The van der Waals surface area contributed by atoms with Gasteiger partial charge in [-0.25, -0.2) is 4.98 Å². The molecule has 0 saturated heterocycles. The summed E-state index contributed by atoms with van der Waals surface area (Å²) in [4.78, 5) is 29.5. The number of rotatable bonds is 3. The standard InChI is InChI=1S/C8H9Cl2N3O2/c1-4(2)13(3-14)8(15)7-11-5(9)6(10)12-7/h3-4H,1-2H3,(H,11,12). The van der Waals surface area contributed by atoms with E-state index in [2.05, 4.69) is 9.97 Å². The van der Waals surface area contributed by atoms with Gasteiger partial charge in [0, 0.05) is 6.04 Å². The van der Waals surface area contributed by atoms with Gasteiger partial charge >= 0.3 is 0 Å². The maximum atomic E-state index is 11.7. The number of carbonyl (C=O) groups is 2. The first-order valence-corrected chi connectivity index (χ1v) is 4.92. The summed E-state index contributed by atoms with van der Waals surface area (Å²) in [5.74, 6) is -0.611. The van der Waals surface area contributed by atoms with Gasteiger partial charge in [0.05, 0.1) is 0 Å². The highest BCUT2D eigenvalue weighted by molar-refractivity contribution is 6.40. The third-order valence-corrected chi connectivity index (χ3v) is 2.37. The van der Waals surface area contributed by atoms with Crippen molar-refractivity contribution in [1.82, 2.24) is 14.9 Å². The van der Waals surface area contributed by atoms with E-state index in [0.29, 0.717) is 6.41 Å².